The SMILES string of the molecule is COC(F)=CN1C(F)(F)C(F)(F)C(F)(F)C1(F)F. The van der Waals surface area contributed by atoms with E-state index in [0.29, 0.717) is 7.11 Å². The maximum absolute atomic E-state index is 12.8. The first-order valence-electron chi connectivity index (χ1n) is 4.06. The minimum atomic E-state index is -6.38. The van der Waals surface area contributed by atoms with E-state index in [4.69, 9.17) is 0 Å². The van der Waals surface area contributed by atoms with Gasteiger partial charge in [0, 0.05) is 0 Å². The molecule has 0 aromatic carbocycles. The van der Waals surface area contributed by atoms with Crippen LogP contribution < -0.4 is 0 Å². The van der Waals surface area contributed by atoms with Crippen molar-refractivity contribution in [3.05, 3.63) is 12.2 Å². The van der Waals surface area contributed by atoms with Gasteiger partial charge in [-0.25, -0.2) is 4.90 Å². The van der Waals surface area contributed by atoms with E-state index in [2.05, 4.69) is 4.74 Å². The van der Waals surface area contributed by atoms with Crippen LogP contribution in [0.5, 0.6) is 0 Å². The minimum Gasteiger partial charge on any atom is -0.473 e. The molecule has 0 radical (unpaired) electrons. The van der Waals surface area contributed by atoms with E-state index in [-0.39, 0.29) is 0 Å². The van der Waals surface area contributed by atoms with E-state index in [1.54, 1.807) is 0 Å². The van der Waals surface area contributed by atoms with Gasteiger partial charge in [-0.1, -0.05) is 0 Å². The van der Waals surface area contributed by atoms with Gasteiger partial charge in [-0.05, 0) is 0 Å². The Morgan fingerprint density at radius 3 is 1.50 bits per heavy atom. The number of ether oxygens (including phenoxy) is 1. The van der Waals surface area contributed by atoms with Gasteiger partial charge in [0.1, 0.15) is 0 Å². The quantitative estimate of drug-likeness (QED) is 0.440. The predicted molar refractivity (Wildman–Crippen MR) is 37.8 cm³/mol. The first kappa shape index (κ1) is 14.8. The molecule has 2 nitrogen and oxygen atoms in total. The van der Waals surface area contributed by atoms with Crippen molar-refractivity contribution < 1.29 is 44.3 Å². The van der Waals surface area contributed by atoms with Gasteiger partial charge in [0.25, 0.3) is 6.01 Å². The maximum atomic E-state index is 12.8. The molecule has 0 bridgehead atoms. The lowest BCUT2D eigenvalue weighted by molar-refractivity contribution is -0.303. The Hall–Kier alpha value is -1.29. The highest BCUT2D eigenvalue weighted by Crippen LogP contribution is 2.62. The van der Waals surface area contributed by atoms with E-state index >= 15 is 0 Å². The summed E-state index contributed by atoms with van der Waals surface area (Å²) in [6.45, 7) is 0. The molecule has 1 rings (SSSR count). The highest BCUT2D eigenvalue weighted by Gasteiger charge is 2.92. The summed E-state index contributed by atoms with van der Waals surface area (Å²) in [6, 6.07) is -14.1. The summed E-state index contributed by atoms with van der Waals surface area (Å²) in [5.41, 5.74) is 0. The normalized spacial score (nSPS) is 28.3. The number of alkyl halides is 8. The van der Waals surface area contributed by atoms with E-state index < -0.39 is 41.1 Å². The van der Waals surface area contributed by atoms with Gasteiger partial charge in [-0.3, -0.25) is 0 Å². The molecule has 0 amide bonds. The van der Waals surface area contributed by atoms with E-state index in [1.165, 1.54) is 0 Å². The minimum absolute atomic E-state index is 0.495. The van der Waals surface area contributed by atoms with Gasteiger partial charge >= 0.3 is 23.9 Å². The van der Waals surface area contributed by atoms with Crippen LogP contribution in [0, 0.1) is 0 Å². The molecule has 106 valence electrons. The topological polar surface area (TPSA) is 12.5 Å². The molecule has 0 aromatic heterocycles. The predicted octanol–water partition coefficient (Wildman–Crippen LogP) is 3.17. The molecular weight excluding hydrogens is 285 g/mol. The highest BCUT2D eigenvalue weighted by atomic mass is 19.4. The van der Waals surface area contributed by atoms with E-state index in [0.717, 1.165) is 0 Å². The van der Waals surface area contributed by atoms with Crippen LogP contribution in [0.3, 0.4) is 0 Å². The van der Waals surface area contributed by atoms with Gasteiger partial charge in [-0.2, -0.15) is 39.5 Å². The fourth-order valence-electron chi connectivity index (χ4n) is 1.17. The van der Waals surface area contributed by atoms with Crippen LogP contribution in [0.2, 0.25) is 0 Å². The molecule has 0 aromatic rings. The van der Waals surface area contributed by atoms with Gasteiger partial charge in [0.2, 0.25) is 0 Å². The molecule has 0 atom stereocenters. The number of halogens is 9. The van der Waals surface area contributed by atoms with Gasteiger partial charge in [0.15, 0.2) is 0 Å². The Kier molecular flexibility index (Phi) is 2.96. The zero-order valence-corrected chi connectivity index (χ0v) is 8.33. The molecular formula is C7H4F9NO. The Balaban J connectivity index is 3.44. The summed E-state index contributed by atoms with van der Waals surface area (Å²) in [5.74, 6) is -12.8. The monoisotopic (exact) mass is 289 g/mol. The average molecular weight is 289 g/mol. The second-order valence-corrected chi connectivity index (χ2v) is 3.24. The Morgan fingerprint density at radius 1 is 0.889 bits per heavy atom. The van der Waals surface area contributed by atoms with Crippen LogP contribution in [0.25, 0.3) is 0 Å². The number of hydrogen-bond acceptors (Lipinski definition) is 2. The standard InChI is InChI=1S/C7H4F9NO/c1-18-3(8)2-17-6(13,14)4(9,10)5(11,12)7(17,15)16/h2H,1H3. The fourth-order valence-corrected chi connectivity index (χ4v) is 1.17. The Labute approximate surface area is 93.6 Å². The summed E-state index contributed by atoms with van der Waals surface area (Å²) in [4.78, 5) is -2.06. The second kappa shape index (κ2) is 3.60. The first-order chi connectivity index (χ1) is 7.84. The molecule has 1 fully saturated rings. The van der Waals surface area contributed by atoms with Crippen molar-refractivity contribution in [2.75, 3.05) is 7.11 Å². The van der Waals surface area contributed by atoms with Gasteiger partial charge in [-0.15, -0.1) is 0 Å². The highest BCUT2D eigenvalue weighted by molar-refractivity contribution is 5.15. The largest absolute Gasteiger partial charge is 0.473 e. The van der Waals surface area contributed by atoms with Crippen molar-refractivity contribution in [1.82, 2.24) is 4.90 Å². The Bertz CT molecular complexity index is 351. The van der Waals surface area contributed by atoms with Crippen molar-refractivity contribution in [3.63, 3.8) is 0 Å². The molecule has 11 heteroatoms. The van der Waals surface area contributed by atoms with E-state index in [9.17, 15) is 39.5 Å². The molecule has 1 aliphatic heterocycles. The molecule has 0 unspecified atom stereocenters. The van der Waals surface area contributed by atoms with E-state index in [1.807, 2.05) is 0 Å². The van der Waals surface area contributed by atoms with Gasteiger partial charge < -0.3 is 4.74 Å². The lowest BCUT2D eigenvalue weighted by atomic mass is 10.2. The van der Waals surface area contributed by atoms with Crippen molar-refractivity contribution in [2.45, 2.75) is 23.9 Å². The molecule has 1 saturated heterocycles. The third kappa shape index (κ3) is 1.45. The Morgan fingerprint density at radius 2 is 1.22 bits per heavy atom. The summed E-state index contributed by atoms with van der Waals surface area (Å²) < 4.78 is 118. The molecule has 18 heavy (non-hydrogen) atoms. The number of rotatable bonds is 2. The second-order valence-electron chi connectivity index (χ2n) is 3.24. The smallest absolute Gasteiger partial charge is 0.400 e. The summed E-state index contributed by atoms with van der Waals surface area (Å²) in [5, 5.41) is 0. The number of hydrogen-bond donors (Lipinski definition) is 0. The number of methoxy groups -OCH3 is 1. The van der Waals surface area contributed by atoms with Crippen molar-refractivity contribution in [1.29, 1.82) is 0 Å². The first-order valence-corrected chi connectivity index (χ1v) is 4.06. The summed E-state index contributed by atoms with van der Waals surface area (Å²) in [7, 11) is 0.495. The van der Waals surface area contributed by atoms with Crippen LogP contribution >= 0.6 is 0 Å². The van der Waals surface area contributed by atoms with Crippen LogP contribution in [0.4, 0.5) is 39.5 Å². The number of nitrogens with zero attached hydrogens (tertiary/aromatic N) is 1. The average Bonchev–Trinajstić information content (AvgIpc) is 2.28. The van der Waals surface area contributed by atoms with Crippen LogP contribution in [0.1, 0.15) is 0 Å². The lowest BCUT2D eigenvalue weighted by Crippen LogP contribution is -2.51. The van der Waals surface area contributed by atoms with Crippen LogP contribution in [-0.4, -0.2) is 35.9 Å². The maximum Gasteiger partial charge on any atom is 0.400 e. The van der Waals surface area contributed by atoms with Crippen molar-refractivity contribution in [2.24, 2.45) is 0 Å². The van der Waals surface area contributed by atoms with Crippen LogP contribution in [0.15, 0.2) is 12.2 Å². The fraction of sp³-hybridized carbons (Fsp3) is 0.714. The van der Waals surface area contributed by atoms with Crippen molar-refractivity contribution >= 4 is 0 Å². The third-order valence-corrected chi connectivity index (χ3v) is 2.18. The molecule has 1 heterocycles. The van der Waals surface area contributed by atoms with Gasteiger partial charge in [0.05, 0.1) is 13.3 Å². The number of likely N-dealkylation sites (tertiary alicyclic amines) is 1. The summed E-state index contributed by atoms with van der Waals surface area (Å²) in [6.07, 6.45) is -0.950. The van der Waals surface area contributed by atoms with Crippen LogP contribution in [-0.2, 0) is 4.74 Å². The molecule has 0 N–H and O–H groups in total. The molecule has 0 aliphatic carbocycles. The summed E-state index contributed by atoms with van der Waals surface area (Å²) >= 11 is 0. The molecule has 0 saturated carbocycles. The zero-order valence-electron chi connectivity index (χ0n) is 8.33. The third-order valence-electron chi connectivity index (χ3n) is 2.18. The zero-order chi connectivity index (χ0) is 14.6. The van der Waals surface area contributed by atoms with Crippen molar-refractivity contribution in [3.8, 4) is 0 Å². The molecule has 1 aliphatic rings. The lowest BCUT2D eigenvalue weighted by Gasteiger charge is -2.26. The molecule has 0 spiro atoms.